The Balaban J connectivity index is 1.63. The van der Waals surface area contributed by atoms with Gasteiger partial charge in [0, 0.05) is 31.9 Å². The number of anilines is 1. The highest BCUT2D eigenvalue weighted by molar-refractivity contribution is 6.30. The molecule has 2 aliphatic rings. The van der Waals surface area contributed by atoms with Crippen molar-refractivity contribution in [3.05, 3.63) is 23.4 Å². The van der Waals surface area contributed by atoms with Gasteiger partial charge in [-0.3, -0.25) is 4.79 Å². The molecule has 1 amide bonds. The summed E-state index contributed by atoms with van der Waals surface area (Å²) in [7, 11) is 4.09. The smallest absolute Gasteiger partial charge is 0.242 e. The first kappa shape index (κ1) is 16.5. The first-order valence-corrected chi connectivity index (χ1v) is 8.76. The maximum atomic E-state index is 12.8. The number of likely N-dealkylation sites (tertiary alicyclic amines) is 2. The third kappa shape index (κ3) is 3.61. The number of amides is 1. The van der Waals surface area contributed by atoms with Crippen molar-refractivity contribution in [3.63, 3.8) is 0 Å². The Morgan fingerprint density at radius 2 is 2.04 bits per heavy atom. The van der Waals surface area contributed by atoms with E-state index in [0.29, 0.717) is 23.7 Å². The minimum atomic E-state index is 0.201. The fraction of sp³-hybridized carbons (Fsp3) is 0.647. The minimum absolute atomic E-state index is 0.201. The van der Waals surface area contributed by atoms with E-state index >= 15 is 0 Å². The van der Waals surface area contributed by atoms with Crippen molar-refractivity contribution in [2.75, 3.05) is 38.6 Å². The van der Waals surface area contributed by atoms with Crippen LogP contribution in [0.1, 0.15) is 25.7 Å². The monoisotopic (exact) mass is 336 g/mol. The average molecular weight is 337 g/mol. The van der Waals surface area contributed by atoms with Gasteiger partial charge in [0.1, 0.15) is 5.82 Å². The molecule has 0 radical (unpaired) electrons. The van der Waals surface area contributed by atoms with E-state index in [4.69, 9.17) is 11.6 Å². The summed E-state index contributed by atoms with van der Waals surface area (Å²) in [6, 6.07) is 4.56. The zero-order valence-corrected chi connectivity index (χ0v) is 14.7. The third-order valence-corrected chi connectivity index (χ3v) is 5.34. The Hall–Kier alpha value is -1.33. The van der Waals surface area contributed by atoms with Gasteiger partial charge < -0.3 is 14.7 Å². The van der Waals surface area contributed by atoms with Crippen molar-refractivity contribution < 1.29 is 4.79 Å². The second kappa shape index (κ2) is 7.05. The lowest BCUT2D eigenvalue weighted by Gasteiger charge is -2.34. The highest BCUT2D eigenvalue weighted by atomic mass is 35.5. The molecule has 23 heavy (non-hydrogen) atoms. The number of hydrogen-bond acceptors (Lipinski definition) is 4. The van der Waals surface area contributed by atoms with Gasteiger partial charge in [0.2, 0.25) is 5.91 Å². The van der Waals surface area contributed by atoms with Crippen LogP contribution in [0.5, 0.6) is 0 Å². The number of rotatable bonds is 4. The number of hydrogen-bond donors (Lipinski definition) is 0. The Bertz CT molecular complexity index is 550. The fourth-order valence-corrected chi connectivity index (χ4v) is 4.00. The van der Waals surface area contributed by atoms with Crippen LogP contribution in [-0.4, -0.2) is 66.5 Å². The van der Waals surface area contributed by atoms with Crippen LogP contribution in [0.15, 0.2) is 18.3 Å². The van der Waals surface area contributed by atoms with Crippen LogP contribution in [0.2, 0.25) is 5.02 Å². The van der Waals surface area contributed by atoms with Crippen molar-refractivity contribution in [1.29, 1.82) is 0 Å². The summed E-state index contributed by atoms with van der Waals surface area (Å²) in [5.74, 6) is 0.975. The Morgan fingerprint density at radius 1 is 1.30 bits per heavy atom. The van der Waals surface area contributed by atoms with E-state index in [1.54, 1.807) is 12.3 Å². The van der Waals surface area contributed by atoms with Crippen LogP contribution in [-0.2, 0) is 4.79 Å². The lowest BCUT2D eigenvalue weighted by atomic mass is 10.0. The van der Waals surface area contributed by atoms with Gasteiger partial charge in [-0.25, -0.2) is 4.98 Å². The molecule has 0 saturated carbocycles. The van der Waals surface area contributed by atoms with Gasteiger partial charge >= 0.3 is 0 Å². The molecule has 2 atom stereocenters. The van der Waals surface area contributed by atoms with Gasteiger partial charge in [-0.1, -0.05) is 11.6 Å². The van der Waals surface area contributed by atoms with Crippen LogP contribution >= 0.6 is 11.6 Å². The van der Waals surface area contributed by atoms with E-state index in [1.165, 1.54) is 12.8 Å². The number of carbonyl (C=O) groups is 1. The zero-order chi connectivity index (χ0) is 16.4. The maximum Gasteiger partial charge on any atom is 0.242 e. The third-order valence-electron chi connectivity index (χ3n) is 5.12. The molecule has 0 N–H and O–H groups in total. The molecule has 5 nitrogen and oxygen atoms in total. The Kier molecular flexibility index (Phi) is 5.07. The van der Waals surface area contributed by atoms with Crippen molar-refractivity contribution in [2.45, 2.75) is 37.8 Å². The van der Waals surface area contributed by atoms with Crippen LogP contribution in [0, 0.1) is 0 Å². The van der Waals surface area contributed by atoms with E-state index < -0.39 is 0 Å². The van der Waals surface area contributed by atoms with Crippen molar-refractivity contribution in [3.8, 4) is 0 Å². The van der Waals surface area contributed by atoms with E-state index in [0.717, 1.165) is 31.7 Å². The number of aromatic nitrogens is 1. The molecule has 0 aliphatic carbocycles. The van der Waals surface area contributed by atoms with Crippen molar-refractivity contribution in [1.82, 2.24) is 14.8 Å². The second-order valence-electron chi connectivity index (χ2n) is 6.68. The molecule has 1 aromatic heterocycles. The predicted molar refractivity (Wildman–Crippen MR) is 92.9 cm³/mol. The summed E-state index contributed by atoms with van der Waals surface area (Å²) in [6.45, 7) is 2.40. The molecule has 2 aliphatic heterocycles. The van der Waals surface area contributed by atoms with Gasteiger partial charge in [0.05, 0.1) is 11.6 Å². The standard InChI is InChI=1S/C17H25ClN4O/c1-20-9-3-5-14(20)15-6-4-10-22(15)17(23)12-21(2)16-8-7-13(18)11-19-16/h7-8,11,14-15H,3-6,9-10,12H2,1-2H3/t14-,15-/m1/s1. The molecule has 2 saturated heterocycles. The molecule has 126 valence electrons. The zero-order valence-electron chi connectivity index (χ0n) is 13.9. The first-order valence-electron chi connectivity index (χ1n) is 8.38. The topological polar surface area (TPSA) is 39.7 Å². The molecule has 0 unspecified atom stereocenters. The summed E-state index contributed by atoms with van der Waals surface area (Å²) in [5.41, 5.74) is 0. The summed E-state index contributed by atoms with van der Waals surface area (Å²) in [4.78, 5) is 23.5. The normalized spacial score (nSPS) is 25.1. The maximum absolute atomic E-state index is 12.8. The quantitative estimate of drug-likeness (QED) is 0.845. The van der Waals surface area contributed by atoms with Gasteiger partial charge in [0.25, 0.3) is 0 Å². The molecule has 1 aromatic rings. The van der Waals surface area contributed by atoms with Crippen LogP contribution < -0.4 is 4.90 Å². The highest BCUT2D eigenvalue weighted by Crippen LogP contribution is 2.29. The number of nitrogens with zero attached hydrogens (tertiary/aromatic N) is 4. The first-order chi connectivity index (χ1) is 11.1. The number of halogens is 1. The summed E-state index contributed by atoms with van der Waals surface area (Å²) < 4.78 is 0. The van der Waals surface area contributed by atoms with Gasteiger partial charge in [-0.2, -0.15) is 0 Å². The fourth-order valence-electron chi connectivity index (χ4n) is 3.89. The van der Waals surface area contributed by atoms with Crippen molar-refractivity contribution in [2.24, 2.45) is 0 Å². The van der Waals surface area contributed by atoms with Crippen LogP contribution in [0.25, 0.3) is 0 Å². The number of carbonyl (C=O) groups excluding carboxylic acids is 1. The van der Waals surface area contributed by atoms with Gasteiger partial charge in [0.15, 0.2) is 0 Å². The van der Waals surface area contributed by atoms with E-state index in [1.807, 2.05) is 18.0 Å². The molecule has 3 rings (SSSR count). The van der Waals surface area contributed by atoms with Crippen molar-refractivity contribution >= 4 is 23.3 Å². The molecule has 6 heteroatoms. The molecule has 0 bridgehead atoms. The highest BCUT2D eigenvalue weighted by Gasteiger charge is 2.38. The second-order valence-corrected chi connectivity index (χ2v) is 7.11. The number of pyridine rings is 1. The SMILES string of the molecule is CN(CC(=O)N1CCC[C@@H]1[C@H]1CCCN1C)c1ccc(Cl)cn1. The summed E-state index contributed by atoms with van der Waals surface area (Å²) >= 11 is 5.87. The van der Waals surface area contributed by atoms with E-state index in [9.17, 15) is 4.79 Å². The van der Waals surface area contributed by atoms with Crippen LogP contribution in [0.3, 0.4) is 0 Å². The molecular formula is C17H25ClN4O. The molecule has 0 aromatic carbocycles. The molecule has 0 spiro atoms. The van der Waals surface area contributed by atoms with Crippen LogP contribution in [0.4, 0.5) is 5.82 Å². The molecular weight excluding hydrogens is 312 g/mol. The Morgan fingerprint density at radius 3 is 2.70 bits per heavy atom. The number of likely N-dealkylation sites (N-methyl/N-ethyl adjacent to an activating group) is 2. The lowest BCUT2D eigenvalue weighted by molar-refractivity contribution is -0.131. The largest absolute Gasteiger partial charge is 0.350 e. The Labute approximate surface area is 143 Å². The lowest BCUT2D eigenvalue weighted by Crippen LogP contribution is -2.49. The van der Waals surface area contributed by atoms with E-state index in [2.05, 4.69) is 21.8 Å². The van der Waals surface area contributed by atoms with E-state index in [-0.39, 0.29) is 5.91 Å². The average Bonchev–Trinajstić information content (AvgIpc) is 3.15. The molecule has 3 heterocycles. The minimum Gasteiger partial charge on any atom is -0.350 e. The summed E-state index contributed by atoms with van der Waals surface area (Å²) in [6.07, 6.45) is 6.31. The van der Waals surface area contributed by atoms with Gasteiger partial charge in [-0.15, -0.1) is 0 Å². The predicted octanol–water partition coefficient (Wildman–Crippen LogP) is 2.26. The summed E-state index contributed by atoms with van der Waals surface area (Å²) in [5, 5.41) is 0.609. The van der Waals surface area contributed by atoms with Gasteiger partial charge in [-0.05, 0) is 51.4 Å². The molecule has 2 fully saturated rings.